The second-order valence-corrected chi connectivity index (χ2v) is 7.37. The monoisotopic (exact) mass is 354 g/mol. The second kappa shape index (κ2) is 7.19. The Bertz CT molecular complexity index is 760. The molecular formula is C20H26N4O2. The molecule has 2 aromatic rings. The Morgan fingerprint density at radius 2 is 2.15 bits per heavy atom. The van der Waals surface area contributed by atoms with Crippen LogP contribution in [0.1, 0.15) is 49.5 Å². The molecule has 1 amide bonds. The Morgan fingerprint density at radius 3 is 2.88 bits per heavy atom. The minimum atomic E-state index is 0.0465. The fraction of sp³-hybridized carbons (Fsp3) is 0.550. The maximum absolute atomic E-state index is 13.2. The molecular weight excluding hydrogens is 328 g/mol. The van der Waals surface area contributed by atoms with Crippen molar-refractivity contribution in [3.8, 4) is 0 Å². The second-order valence-electron chi connectivity index (χ2n) is 7.37. The van der Waals surface area contributed by atoms with Crippen LogP contribution in [0.5, 0.6) is 0 Å². The van der Waals surface area contributed by atoms with Crippen LogP contribution in [-0.2, 0) is 17.8 Å². The summed E-state index contributed by atoms with van der Waals surface area (Å²) in [6, 6.07) is 11.3. The quantitative estimate of drug-likeness (QED) is 0.826. The van der Waals surface area contributed by atoms with Gasteiger partial charge in [0.25, 0.3) is 0 Å². The van der Waals surface area contributed by atoms with Gasteiger partial charge < -0.3 is 9.42 Å². The summed E-state index contributed by atoms with van der Waals surface area (Å²) in [7, 11) is 1.85. The summed E-state index contributed by atoms with van der Waals surface area (Å²) < 4.78 is 5.16. The third-order valence-corrected chi connectivity index (χ3v) is 5.75. The van der Waals surface area contributed by atoms with Crippen molar-refractivity contribution < 1.29 is 9.32 Å². The summed E-state index contributed by atoms with van der Waals surface area (Å²) in [6.07, 6.45) is 3.88. The van der Waals surface area contributed by atoms with Gasteiger partial charge in [0.1, 0.15) is 0 Å². The molecule has 0 radical (unpaired) electrons. The number of carbonyl (C=O) groups excluding carboxylic acids is 1. The summed E-state index contributed by atoms with van der Waals surface area (Å²) >= 11 is 0. The van der Waals surface area contributed by atoms with Gasteiger partial charge in [-0.25, -0.2) is 0 Å². The number of hydrogen-bond donors (Lipinski definition) is 0. The van der Waals surface area contributed by atoms with E-state index in [4.69, 9.17) is 4.52 Å². The van der Waals surface area contributed by atoms with Crippen LogP contribution in [0.15, 0.2) is 34.9 Å². The maximum Gasteiger partial charge on any atom is 0.227 e. The van der Waals surface area contributed by atoms with Gasteiger partial charge in [-0.2, -0.15) is 4.98 Å². The number of aryl methyl sites for hydroxylation is 1. The lowest BCUT2D eigenvalue weighted by Gasteiger charge is -2.25. The first-order valence-electron chi connectivity index (χ1n) is 9.54. The van der Waals surface area contributed by atoms with E-state index in [-0.39, 0.29) is 11.8 Å². The number of aromatic nitrogens is 2. The van der Waals surface area contributed by atoms with Crippen molar-refractivity contribution >= 4 is 5.91 Å². The Hall–Kier alpha value is -2.21. The molecule has 0 N–H and O–H groups in total. The Morgan fingerprint density at radius 1 is 1.35 bits per heavy atom. The first-order valence-corrected chi connectivity index (χ1v) is 9.54. The fourth-order valence-corrected chi connectivity index (χ4v) is 4.51. The van der Waals surface area contributed by atoms with Crippen LogP contribution in [0, 0.1) is 5.92 Å². The Kier molecular flexibility index (Phi) is 4.76. The standard InChI is InChI=1S/C20H26N4O2/c1-3-19-21-18(22-26-19)13-23(2)20(25)15-12-17(14-8-5-4-6-9-14)24-11-7-10-16(15)24/h4-6,8-9,15-17H,3,7,10-13H2,1-2H3/t15-,16+,17-/m0/s1. The van der Waals surface area contributed by atoms with E-state index in [1.807, 2.05) is 20.0 Å². The molecule has 138 valence electrons. The maximum atomic E-state index is 13.2. The van der Waals surface area contributed by atoms with Crippen LogP contribution >= 0.6 is 0 Å². The van der Waals surface area contributed by atoms with E-state index < -0.39 is 0 Å². The zero-order chi connectivity index (χ0) is 18.1. The van der Waals surface area contributed by atoms with Crippen molar-refractivity contribution in [3.05, 3.63) is 47.6 Å². The zero-order valence-electron chi connectivity index (χ0n) is 15.5. The third-order valence-electron chi connectivity index (χ3n) is 5.75. The molecule has 26 heavy (non-hydrogen) atoms. The van der Waals surface area contributed by atoms with Gasteiger partial charge in [-0.15, -0.1) is 0 Å². The number of benzene rings is 1. The summed E-state index contributed by atoms with van der Waals surface area (Å²) in [4.78, 5) is 21.8. The molecule has 3 heterocycles. The smallest absolute Gasteiger partial charge is 0.227 e. The number of fused-ring (bicyclic) bond motifs is 1. The summed E-state index contributed by atoms with van der Waals surface area (Å²) in [5, 5.41) is 3.97. The van der Waals surface area contributed by atoms with Crippen molar-refractivity contribution in [2.75, 3.05) is 13.6 Å². The molecule has 6 heteroatoms. The molecule has 6 nitrogen and oxygen atoms in total. The minimum Gasteiger partial charge on any atom is -0.339 e. The SMILES string of the molecule is CCc1nc(CN(C)C(=O)[C@H]2C[C@@H](c3ccccc3)N3CCC[C@H]23)no1. The van der Waals surface area contributed by atoms with Crippen LogP contribution in [0.4, 0.5) is 0 Å². The van der Waals surface area contributed by atoms with E-state index in [1.54, 1.807) is 4.90 Å². The molecule has 2 aliphatic rings. The number of hydrogen-bond acceptors (Lipinski definition) is 5. The van der Waals surface area contributed by atoms with Crippen LogP contribution in [-0.4, -0.2) is 45.5 Å². The molecule has 0 saturated carbocycles. The molecule has 0 unspecified atom stereocenters. The van der Waals surface area contributed by atoms with Crippen molar-refractivity contribution in [2.24, 2.45) is 5.92 Å². The van der Waals surface area contributed by atoms with Crippen LogP contribution < -0.4 is 0 Å². The predicted molar refractivity (Wildman–Crippen MR) is 97.2 cm³/mol. The number of nitrogens with zero attached hydrogens (tertiary/aromatic N) is 4. The largest absolute Gasteiger partial charge is 0.339 e. The Balaban J connectivity index is 1.48. The third kappa shape index (κ3) is 3.14. The highest BCUT2D eigenvalue weighted by Gasteiger charge is 2.47. The number of rotatable bonds is 5. The molecule has 4 rings (SSSR count). The minimum absolute atomic E-state index is 0.0465. The molecule has 2 aliphatic heterocycles. The summed E-state index contributed by atoms with van der Waals surface area (Å²) in [6.45, 7) is 3.47. The van der Waals surface area contributed by atoms with E-state index in [9.17, 15) is 4.79 Å². The van der Waals surface area contributed by atoms with E-state index in [0.29, 0.717) is 36.8 Å². The van der Waals surface area contributed by atoms with Gasteiger partial charge in [-0.05, 0) is 31.4 Å². The molecule has 1 aromatic carbocycles. The highest BCUT2D eigenvalue weighted by Crippen LogP contribution is 2.45. The van der Waals surface area contributed by atoms with E-state index in [2.05, 4.69) is 39.3 Å². The molecule has 1 aromatic heterocycles. The topological polar surface area (TPSA) is 62.5 Å². The zero-order valence-corrected chi connectivity index (χ0v) is 15.5. The normalized spacial score (nSPS) is 25.4. The van der Waals surface area contributed by atoms with Gasteiger partial charge in [0, 0.05) is 25.6 Å². The van der Waals surface area contributed by atoms with E-state index in [1.165, 1.54) is 12.0 Å². The Labute approximate surface area is 154 Å². The highest BCUT2D eigenvalue weighted by molar-refractivity contribution is 5.80. The fourth-order valence-electron chi connectivity index (χ4n) is 4.51. The van der Waals surface area contributed by atoms with E-state index >= 15 is 0 Å². The van der Waals surface area contributed by atoms with Crippen molar-refractivity contribution in [1.29, 1.82) is 0 Å². The number of carbonyl (C=O) groups is 1. The van der Waals surface area contributed by atoms with Crippen LogP contribution in [0.25, 0.3) is 0 Å². The first kappa shape index (κ1) is 17.2. The van der Waals surface area contributed by atoms with Crippen molar-refractivity contribution in [2.45, 2.75) is 51.2 Å². The van der Waals surface area contributed by atoms with Gasteiger partial charge in [-0.1, -0.05) is 42.4 Å². The van der Waals surface area contributed by atoms with Gasteiger partial charge in [0.2, 0.25) is 11.8 Å². The predicted octanol–water partition coefficient (Wildman–Crippen LogP) is 2.82. The first-order chi connectivity index (χ1) is 12.7. The van der Waals surface area contributed by atoms with Gasteiger partial charge in [0.05, 0.1) is 12.5 Å². The summed E-state index contributed by atoms with van der Waals surface area (Å²) in [5.74, 6) is 1.44. The molecule has 2 saturated heterocycles. The van der Waals surface area contributed by atoms with Gasteiger partial charge in [-0.3, -0.25) is 9.69 Å². The molecule has 3 atom stereocenters. The average molecular weight is 354 g/mol. The summed E-state index contributed by atoms with van der Waals surface area (Å²) in [5.41, 5.74) is 1.32. The van der Waals surface area contributed by atoms with Gasteiger partial charge >= 0.3 is 0 Å². The van der Waals surface area contributed by atoms with Crippen molar-refractivity contribution in [3.63, 3.8) is 0 Å². The molecule has 0 bridgehead atoms. The highest BCUT2D eigenvalue weighted by atomic mass is 16.5. The molecule has 0 aliphatic carbocycles. The van der Waals surface area contributed by atoms with Gasteiger partial charge in [0.15, 0.2) is 5.82 Å². The van der Waals surface area contributed by atoms with E-state index in [0.717, 1.165) is 19.4 Å². The van der Waals surface area contributed by atoms with Crippen molar-refractivity contribution in [1.82, 2.24) is 19.9 Å². The number of amides is 1. The van der Waals surface area contributed by atoms with Crippen LogP contribution in [0.2, 0.25) is 0 Å². The lowest BCUT2D eigenvalue weighted by molar-refractivity contribution is -0.135. The molecule has 0 spiro atoms. The lowest BCUT2D eigenvalue weighted by atomic mass is 9.93. The van der Waals surface area contributed by atoms with Crippen LogP contribution in [0.3, 0.4) is 0 Å². The average Bonchev–Trinajstić information content (AvgIpc) is 3.38. The lowest BCUT2D eigenvalue weighted by Crippen LogP contribution is -2.38. The molecule has 2 fully saturated rings.